The maximum absolute atomic E-state index is 13.5. The van der Waals surface area contributed by atoms with Gasteiger partial charge >= 0.3 is 6.03 Å². The third-order valence-electron chi connectivity index (χ3n) is 6.84. The minimum atomic E-state index is -0.215. The Kier molecular flexibility index (Phi) is 10.1. The van der Waals surface area contributed by atoms with Crippen molar-refractivity contribution in [2.24, 2.45) is 0 Å². The third-order valence-corrected chi connectivity index (χ3v) is 6.84. The molecular formula is C32H38N4O5. The Morgan fingerprint density at radius 2 is 1.63 bits per heavy atom. The number of carbonyl (C=O) groups is 1. The van der Waals surface area contributed by atoms with Crippen LogP contribution >= 0.6 is 0 Å². The lowest BCUT2D eigenvalue weighted by Gasteiger charge is -2.25. The predicted molar refractivity (Wildman–Crippen MR) is 163 cm³/mol. The van der Waals surface area contributed by atoms with Crippen LogP contribution in [0, 0.1) is 0 Å². The van der Waals surface area contributed by atoms with Crippen LogP contribution in [0.2, 0.25) is 0 Å². The van der Waals surface area contributed by atoms with E-state index in [1.807, 2.05) is 66.7 Å². The van der Waals surface area contributed by atoms with E-state index in [0.717, 1.165) is 40.7 Å². The fraction of sp³-hybridized carbons (Fsp3) is 0.312. The number of fused-ring (bicyclic) bond motifs is 1. The summed E-state index contributed by atoms with van der Waals surface area (Å²) in [6.07, 6.45) is 3.39. The maximum Gasteiger partial charge on any atom is 0.322 e. The number of nitrogens with one attached hydrogen (secondary N) is 2. The molecule has 0 aliphatic rings. The molecule has 0 fully saturated rings. The molecule has 1 aromatic heterocycles. The van der Waals surface area contributed by atoms with Crippen molar-refractivity contribution in [2.75, 3.05) is 45.6 Å². The van der Waals surface area contributed by atoms with Crippen LogP contribution in [0.25, 0.3) is 10.9 Å². The lowest BCUT2D eigenvalue weighted by Crippen LogP contribution is -2.36. The molecule has 1 unspecified atom stereocenters. The van der Waals surface area contributed by atoms with Gasteiger partial charge in [-0.15, -0.1) is 0 Å². The molecule has 41 heavy (non-hydrogen) atoms. The molecule has 4 aromatic rings. The van der Waals surface area contributed by atoms with Crippen LogP contribution in [-0.4, -0.2) is 56.9 Å². The normalized spacial score (nSPS) is 11.4. The third kappa shape index (κ3) is 7.51. The highest BCUT2D eigenvalue weighted by molar-refractivity contribution is 5.92. The monoisotopic (exact) mass is 558 g/mol. The van der Waals surface area contributed by atoms with Gasteiger partial charge in [0.2, 0.25) is 0 Å². The highest BCUT2D eigenvalue weighted by atomic mass is 16.5. The maximum atomic E-state index is 13.5. The molecule has 0 spiro atoms. The number of urea groups is 1. The Morgan fingerprint density at radius 1 is 0.854 bits per heavy atom. The summed E-state index contributed by atoms with van der Waals surface area (Å²) in [4.78, 5) is 19.9. The van der Waals surface area contributed by atoms with E-state index >= 15 is 0 Å². The number of rotatable bonds is 13. The van der Waals surface area contributed by atoms with Gasteiger partial charge in [0, 0.05) is 36.8 Å². The fourth-order valence-electron chi connectivity index (χ4n) is 4.71. The molecular weight excluding hydrogens is 520 g/mol. The molecule has 9 heteroatoms. The Morgan fingerprint density at radius 3 is 2.39 bits per heavy atom. The summed E-state index contributed by atoms with van der Waals surface area (Å²) >= 11 is 0. The smallest absolute Gasteiger partial charge is 0.322 e. The summed E-state index contributed by atoms with van der Waals surface area (Å²) in [6, 6.07) is 20.9. The van der Waals surface area contributed by atoms with Crippen molar-refractivity contribution in [3.63, 3.8) is 0 Å². The lowest BCUT2D eigenvalue weighted by molar-refractivity contribution is 0.207. The minimum absolute atomic E-state index is 0.132. The zero-order valence-corrected chi connectivity index (χ0v) is 24.3. The minimum Gasteiger partial charge on any atom is -0.497 e. The van der Waals surface area contributed by atoms with Gasteiger partial charge in [0.1, 0.15) is 11.5 Å². The number of pyridine rings is 1. The van der Waals surface area contributed by atoms with Gasteiger partial charge < -0.3 is 34.5 Å². The predicted octanol–water partition coefficient (Wildman–Crippen LogP) is 6.58. The number of carbonyl (C=O) groups excluding carboxylic acids is 1. The summed E-state index contributed by atoms with van der Waals surface area (Å²) in [5.41, 5.74) is 3.36. The molecule has 0 saturated carbocycles. The lowest BCUT2D eigenvalue weighted by atomic mass is 10.1. The standard InChI is InChI=1S/C32H38N4O5/c1-22(34-27-20-25(38-2)19-24-11-8-16-33-31(24)27)10-9-17-36(21-23-14-15-29(40-4)30(18-23)41-5)32(37)35-26-12-6-7-13-28(26)39-3/h6-8,11-16,18-20,22,34H,9-10,17,21H2,1-5H3,(H,35,37). The van der Waals surface area contributed by atoms with Gasteiger partial charge in [-0.1, -0.05) is 24.3 Å². The van der Waals surface area contributed by atoms with E-state index in [2.05, 4.69) is 22.5 Å². The van der Waals surface area contributed by atoms with Crippen molar-refractivity contribution in [3.05, 3.63) is 78.5 Å². The molecule has 3 aromatic carbocycles. The number of ether oxygens (including phenoxy) is 4. The van der Waals surface area contributed by atoms with E-state index < -0.39 is 0 Å². The fourth-order valence-corrected chi connectivity index (χ4v) is 4.71. The Labute approximate surface area is 241 Å². The van der Waals surface area contributed by atoms with Crippen LogP contribution in [0.15, 0.2) is 72.9 Å². The largest absolute Gasteiger partial charge is 0.497 e. The number of hydrogen-bond donors (Lipinski definition) is 2. The highest BCUT2D eigenvalue weighted by Crippen LogP contribution is 2.30. The molecule has 0 radical (unpaired) electrons. The number of benzene rings is 3. The van der Waals surface area contributed by atoms with Gasteiger partial charge in [-0.2, -0.15) is 0 Å². The summed E-state index contributed by atoms with van der Waals surface area (Å²) in [6.45, 7) is 3.06. The van der Waals surface area contributed by atoms with E-state index in [-0.39, 0.29) is 12.1 Å². The first-order chi connectivity index (χ1) is 19.9. The van der Waals surface area contributed by atoms with Crippen LogP contribution in [0.4, 0.5) is 16.2 Å². The van der Waals surface area contributed by atoms with Gasteiger partial charge in [0.15, 0.2) is 11.5 Å². The molecule has 0 saturated heterocycles. The average Bonchev–Trinajstić information content (AvgIpc) is 3.00. The number of anilines is 2. The molecule has 216 valence electrons. The average molecular weight is 559 g/mol. The SMILES string of the molecule is COc1cc(NC(C)CCCN(Cc2ccc(OC)c(OC)c2)C(=O)Nc2ccccc2OC)c2ncccc2c1. The molecule has 1 atom stereocenters. The summed E-state index contributed by atoms with van der Waals surface area (Å²) < 4.78 is 21.8. The van der Waals surface area contributed by atoms with Gasteiger partial charge in [-0.3, -0.25) is 4.98 Å². The number of hydrogen-bond acceptors (Lipinski definition) is 7. The topological polar surface area (TPSA) is 94.2 Å². The van der Waals surface area contributed by atoms with E-state index in [1.165, 1.54) is 0 Å². The molecule has 0 aliphatic heterocycles. The van der Waals surface area contributed by atoms with Crippen LogP contribution < -0.4 is 29.6 Å². The van der Waals surface area contributed by atoms with Crippen molar-refractivity contribution < 1.29 is 23.7 Å². The number of aromatic nitrogens is 1. The Bertz CT molecular complexity index is 1460. The van der Waals surface area contributed by atoms with Crippen molar-refractivity contribution in [2.45, 2.75) is 32.4 Å². The Balaban J connectivity index is 1.47. The van der Waals surface area contributed by atoms with E-state index in [4.69, 9.17) is 18.9 Å². The number of para-hydroxylation sites is 2. The first kappa shape index (κ1) is 29.3. The Hall–Kier alpha value is -4.66. The zero-order chi connectivity index (χ0) is 29.2. The molecule has 2 amide bonds. The highest BCUT2D eigenvalue weighted by Gasteiger charge is 2.18. The van der Waals surface area contributed by atoms with Crippen LogP contribution in [0.5, 0.6) is 23.0 Å². The summed E-state index contributed by atoms with van der Waals surface area (Å²) in [5.74, 6) is 2.63. The number of methoxy groups -OCH3 is 4. The van der Waals surface area contributed by atoms with Crippen molar-refractivity contribution in [1.82, 2.24) is 9.88 Å². The molecule has 0 aliphatic carbocycles. The molecule has 9 nitrogen and oxygen atoms in total. The molecule has 1 heterocycles. The van der Waals surface area contributed by atoms with E-state index in [0.29, 0.717) is 36.0 Å². The van der Waals surface area contributed by atoms with E-state index in [9.17, 15) is 4.79 Å². The van der Waals surface area contributed by atoms with Gasteiger partial charge in [-0.25, -0.2) is 4.79 Å². The first-order valence-electron chi connectivity index (χ1n) is 13.5. The van der Waals surface area contributed by atoms with Crippen molar-refractivity contribution in [3.8, 4) is 23.0 Å². The number of nitrogens with zero attached hydrogens (tertiary/aromatic N) is 2. The zero-order valence-electron chi connectivity index (χ0n) is 24.3. The van der Waals surface area contributed by atoms with Crippen molar-refractivity contribution >= 4 is 28.3 Å². The second-order valence-corrected chi connectivity index (χ2v) is 9.68. The van der Waals surface area contributed by atoms with Gasteiger partial charge in [-0.05, 0) is 61.7 Å². The number of amides is 2. The summed E-state index contributed by atoms with van der Waals surface area (Å²) in [5, 5.41) is 7.61. The van der Waals surface area contributed by atoms with Gasteiger partial charge in [0.05, 0.1) is 45.3 Å². The second kappa shape index (κ2) is 14.1. The van der Waals surface area contributed by atoms with E-state index in [1.54, 1.807) is 39.5 Å². The summed E-state index contributed by atoms with van der Waals surface area (Å²) in [7, 11) is 6.45. The first-order valence-corrected chi connectivity index (χ1v) is 13.5. The molecule has 0 bridgehead atoms. The molecule has 2 N–H and O–H groups in total. The van der Waals surface area contributed by atoms with Crippen molar-refractivity contribution in [1.29, 1.82) is 0 Å². The quantitative estimate of drug-likeness (QED) is 0.191. The van der Waals surface area contributed by atoms with Gasteiger partial charge in [0.25, 0.3) is 0 Å². The second-order valence-electron chi connectivity index (χ2n) is 9.68. The van der Waals surface area contributed by atoms with Crippen LogP contribution in [-0.2, 0) is 6.54 Å². The van der Waals surface area contributed by atoms with Crippen LogP contribution in [0.1, 0.15) is 25.3 Å². The van der Waals surface area contributed by atoms with Crippen LogP contribution in [0.3, 0.4) is 0 Å². The molecule has 4 rings (SSSR count).